The topological polar surface area (TPSA) is 122 Å². The Morgan fingerprint density at radius 1 is 1.00 bits per heavy atom. The number of hydrogen-bond acceptors (Lipinski definition) is 8. The molecular weight excluding hydrogens is 523 g/mol. The summed E-state index contributed by atoms with van der Waals surface area (Å²) in [5.41, 5.74) is 1.03. The molecule has 3 aromatic rings. The van der Waals surface area contributed by atoms with Gasteiger partial charge in [0.1, 0.15) is 6.61 Å². The van der Waals surface area contributed by atoms with Crippen LogP contribution >= 0.6 is 0 Å². The first-order valence-electron chi connectivity index (χ1n) is 11.0. The van der Waals surface area contributed by atoms with Crippen molar-refractivity contribution in [2.45, 2.75) is 6.18 Å². The lowest BCUT2D eigenvalue weighted by atomic mass is 10.1. The number of benzene rings is 3. The van der Waals surface area contributed by atoms with E-state index in [9.17, 15) is 28.1 Å². The summed E-state index contributed by atoms with van der Waals surface area (Å²) in [7, 11) is 2.74. The van der Waals surface area contributed by atoms with Crippen LogP contribution in [0.2, 0.25) is 0 Å². The number of hydrazone groups is 1. The molecule has 0 bridgehead atoms. The molecule has 3 aromatic carbocycles. The van der Waals surface area contributed by atoms with E-state index in [1.54, 1.807) is 12.1 Å². The summed E-state index contributed by atoms with van der Waals surface area (Å²) in [4.78, 5) is 22.8. The third-order valence-corrected chi connectivity index (χ3v) is 5.05. The van der Waals surface area contributed by atoms with Crippen LogP contribution in [0.5, 0.6) is 28.7 Å². The lowest BCUT2D eigenvalue weighted by Crippen LogP contribution is -2.17. The van der Waals surface area contributed by atoms with Gasteiger partial charge in [0, 0.05) is 11.6 Å². The lowest BCUT2D eigenvalue weighted by molar-refractivity contribution is -0.385. The van der Waals surface area contributed by atoms with Crippen molar-refractivity contribution in [1.29, 1.82) is 0 Å². The zero-order valence-electron chi connectivity index (χ0n) is 20.7. The van der Waals surface area contributed by atoms with Crippen molar-refractivity contribution in [3.8, 4) is 28.7 Å². The molecule has 204 valence electrons. The predicted octanol–water partition coefficient (Wildman–Crippen LogP) is 5.75. The predicted molar refractivity (Wildman–Crippen MR) is 135 cm³/mol. The van der Waals surface area contributed by atoms with E-state index in [2.05, 4.69) is 17.1 Å². The summed E-state index contributed by atoms with van der Waals surface area (Å²) in [6, 6.07) is 10.9. The number of alkyl halides is 3. The van der Waals surface area contributed by atoms with Gasteiger partial charge in [-0.05, 0) is 54.1 Å². The second kappa shape index (κ2) is 12.4. The van der Waals surface area contributed by atoms with Gasteiger partial charge in [0.25, 0.3) is 5.91 Å². The lowest BCUT2D eigenvalue weighted by Gasteiger charge is -2.12. The SMILES string of the molecule is C=CCOc1ccc(C(=O)N/N=C/c2ccc(Oc3ccc(C(F)(F)F)cc3[N+](=O)[O-])c(OC)c2)cc1OC. The minimum atomic E-state index is -4.76. The second-order valence-corrected chi connectivity index (χ2v) is 7.61. The number of nitrogens with one attached hydrogen (secondary N) is 1. The Bertz CT molecular complexity index is 1410. The molecule has 0 saturated heterocycles. The van der Waals surface area contributed by atoms with Crippen LogP contribution in [-0.4, -0.2) is 37.9 Å². The molecule has 3 rings (SSSR count). The molecule has 0 radical (unpaired) electrons. The molecule has 13 heteroatoms. The molecule has 0 fully saturated rings. The van der Waals surface area contributed by atoms with Crippen molar-refractivity contribution >= 4 is 17.8 Å². The summed E-state index contributed by atoms with van der Waals surface area (Å²) >= 11 is 0. The van der Waals surface area contributed by atoms with E-state index >= 15 is 0 Å². The summed E-state index contributed by atoms with van der Waals surface area (Å²) in [5.74, 6) is -0.0278. The number of hydrogen-bond donors (Lipinski definition) is 1. The Kier molecular flexibility index (Phi) is 9.10. The van der Waals surface area contributed by atoms with E-state index in [4.69, 9.17) is 18.9 Å². The average molecular weight is 545 g/mol. The van der Waals surface area contributed by atoms with Gasteiger partial charge in [-0.1, -0.05) is 12.7 Å². The number of nitro groups is 1. The van der Waals surface area contributed by atoms with Gasteiger partial charge in [0.2, 0.25) is 5.75 Å². The molecule has 0 aliphatic heterocycles. The fourth-order valence-corrected chi connectivity index (χ4v) is 3.20. The summed E-state index contributed by atoms with van der Waals surface area (Å²) in [5, 5.41) is 15.2. The highest BCUT2D eigenvalue weighted by atomic mass is 19.4. The van der Waals surface area contributed by atoms with E-state index in [0.29, 0.717) is 29.2 Å². The number of nitro benzene ring substituents is 1. The molecule has 0 aromatic heterocycles. The van der Waals surface area contributed by atoms with E-state index in [1.807, 2.05) is 0 Å². The fourth-order valence-electron chi connectivity index (χ4n) is 3.20. The number of methoxy groups -OCH3 is 2. The molecule has 1 N–H and O–H groups in total. The minimum absolute atomic E-state index is 0.00685. The third kappa shape index (κ3) is 7.25. The summed E-state index contributed by atoms with van der Waals surface area (Å²) in [6.07, 6.45) is -1.88. The number of carbonyl (C=O) groups excluding carboxylic acids is 1. The highest BCUT2D eigenvalue weighted by Gasteiger charge is 2.33. The van der Waals surface area contributed by atoms with Crippen molar-refractivity contribution < 1.29 is 41.8 Å². The smallest absolute Gasteiger partial charge is 0.416 e. The molecule has 1 amide bonds. The fraction of sp³-hybridized carbons (Fsp3) is 0.154. The second-order valence-electron chi connectivity index (χ2n) is 7.61. The number of halogens is 3. The monoisotopic (exact) mass is 545 g/mol. The van der Waals surface area contributed by atoms with Gasteiger partial charge in [-0.25, -0.2) is 5.43 Å². The maximum absolute atomic E-state index is 13.0. The van der Waals surface area contributed by atoms with Crippen LogP contribution in [0.15, 0.2) is 72.4 Å². The van der Waals surface area contributed by atoms with Crippen LogP contribution in [0.3, 0.4) is 0 Å². The Morgan fingerprint density at radius 3 is 2.31 bits per heavy atom. The first-order chi connectivity index (χ1) is 18.6. The van der Waals surface area contributed by atoms with Crippen molar-refractivity contribution in [2.24, 2.45) is 5.10 Å². The normalized spacial score (nSPS) is 11.1. The van der Waals surface area contributed by atoms with Crippen LogP contribution in [0.1, 0.15) is 21.5 Å². The van der Waals surface area contributed by atoms with Gasteiger partial charge in [-0.3, -0.25) is 14.9 Å². The van der Waals surface area contributed by atoms with Crippen LogP contribution in [0.25, 0.3) is 0 Å². The standard InChI is InChI=1S/C26H22F3N3O7/c1-4-11-38-21-9-6-17(13-24(21)37-3)25(33)31-30-15-16-5-8-22(23(12-16)36-2)39-20-10-7-18(26(27,28)29)14-19(20)32(34)35/h4-10,12-15H,1,11H2,2-3H3,(H,31,33)/b30-15+. The molecular formula is C26H22F3N3O7. The molecule has 0 spiro atoms. The third-order valence-electron chi connectivity index (χ3n) is 5.05. The van der Waals surface area contributed by atoms with Crippen molar-refractivity contribution in [3.63, 3.8) is 0 Å². The van der Waals surface area contributed by atoms with E-state index < -0.39 is 34.0 Å². The number of rotatable bonds is 11. The molecule has 0 aliphatic carbocycles. The average Bonchev–Trinajstić information content (AvgIpc) is 2.91. The summed E-state index contributed by atoms with van der Waals surface area (Å²) < 4.78 is 60.3. The largest absolute Gasteiger partial charge is 0.493 e. The van der Waals surface area contributed by atoms with E-state index in [1.165, 1.54) is 50.8 Å². The van der Waals surface area contributed by atoms with Crippen molar-refractivity contribution in [1.82, 2.24) is 5.43 Å². The van der Waals surface area contributed by atoms with Crippen LogP contribution in [-0.2, 0) is 6.18 Å². The molecule has 0 heterocycles. The van der Waals surface area contributed by atoms with Gasteiger partial charge in [0.15, 0.2) is 23.0 Å². The molecule has 10 nitrogen and oxygen atoms in total. The maximum atomic E-state index is 13.0. The zero-order valence-corrected chi connectivity index (χ0v) is 20.7. The Labute approximate surface area is 220 Å². The van der Waals surface area contributed by atoms with Crippen LogP contribution < -0.4 is 24.4 Å². The van der Waals surface area contributed by atoms with Gasteiger partial charge < -0.3 is 18.9 Å². The van der Waals surface area contributed by atoms with Crippen molar-refractivity contribution in [3.05, 3.63) is 94.1 Å². The molecule has 39 heavy (non-hydrogen) atoms. The van der Waals surface area contributed by atoms with E-state index in [-0.39, 0.29) is 23.7 Å². The Balaban J connectivity index is 1.74. The van der Waals surface area contributed by atoms with E-state index in [0.717, 1.165) is 6.07 Å². The zero-order chi connectivity index (χ0) is 28.6. The van der Waals surface area contributed by atoms with Crippen LogP contribution in [0.4, 0.5) is 18.9 Å². The van der Waals surface area contributed by atoms with Crippen molar-refractivity contribution in [2.75, 3.05) is 20.8 Å². The number of carbonyl (C=O) groups is 1. The minimum Gasteiger partial charge on any atom is -0.493 e. The molecule has 0 aliphatic rings. The number of nitrogens with zero attached hydrogens (tertiary/aromatic N) is 2. The summed E-state index contributed by atoms with van der Waals surface area (Å²) in [6.45, 7) is 3.84. The highest BCUT2D eigenvalue weighted by Crippen LogP contribution is 2.40. The first kappa shape index (κ1) is 28.5. The highest BCUT2D eigenvalue weighted by molar-refractivity contribution is 5.95. The Hall–Kier alpha value is -5.07. The maximum Gasteiger partial charge on any atom is 0.416 e. The molecule has 0 atom stereocenters. The molecule has 0 saturated carbocycles. The van der Waals surface area contributed by atoms with Crippen LogP contribution in [0, 0.1) is 10.1 Å². The van der Waals surface area contributed by atoms with Gasteiger partial charge in [-0.15, -0.1) is 0 Å². The van der Waals surface area contributed by atoms with Gasteiger partial charge in [0.05, 0.1) is 30.9 Å². The number of amides is 1. The van der Waals surface area contributed by atoms with Gasteiger partial charge in [-0.2, -0.15) is 18.3 Å². The van der Waals surface area contributed by atoms with Gasteiger partial charge >= 0.3 is 11.9 Å². The molecule has 0 unspecified atom stereocenters. The number of ether oxygens (including phenoxy) is 4. The quantitative estimate of drug-likeness (QED) is 0.141. The Morgan fingerprint density at radius 2 is 1.67 bits per heavy atom. The first-order valence-corrected chi connectivity index (χ1v) is 11.0.